The molecule has 0 radical (unpaired) electrons. The zero-order valence-corrected chi connectivity index (χ0v) is 5.70. The fraction of sp³-hybridized carbons (Fsp3) is 0.286. The van der Waals surface area contributed by atoms with Crippen LogP contribution < -0.4 is 0 Å². The van der Waals surface area contributed by atoms with Gasteiger partial charge >= 0.3 is 0 Å². The Balaban J connectivity index is 2.94. The predicted molar refractivity (Wildman–Crippen MR) is 37.1 cm³/mol. The first-order valence-corrected chi connectivity index (χ1v) is 2.93. The van der Waals surface area contributed by atoms with Crippen LogP contribution in [0.1, 0.15) is 11.3 Å². The molecule has 1 rings (SSSR count). The molecule has 0 saturated heterocycles. The molecule has 0 aliphatic rings. The Morgan fingerprint density at radius 1 is 1.70 bits per heavy atom. The summed E-state index contributed by atoms with van der Waals surface area (Å²) in [7, 11) is 0. The fourth-order valence-electron chi connectivity index (χ4n) is 0.660. The first-order valence-electron chi connectivity index (χ1n) is 2.93. The lowest BCUT2D eigenvalue weighted by Crippen LogP contribution is -1.90. The van der Waals surface area contributed by atoms with Gasteiger partial charge in [0.2, 0.25) is 6.54 Å². The summed E-state index contributed by atoms with van der Waals surface area (Å²) in [5.41, 5.74) is 1.81. The number of aryl methyl sites for hydroxylation is 1. The van der Waals surface area contributed by atoms with E-state index in [-0.39, 0.29) is 0 Å². The first-order chi connectivity index (χ1) is 4.84. The molecule has 50 valence electrons. The Labute approximate surface area is 59.6 Å². The summed E-state index contributed by atoms with van der Waals surface area (Å²) in [6.45, 7) is 8.87. The van der Waals surface area contributed by atoms with Gasteiger partial charge in [0.05, 0.1) is 11.3 Å². The fourth-order valence-corrected chi connectivity index (χ4v) is 0.660. The molecule has 0 saturated carbocycles. The molecule has 0 bridgehead atoms. The van der Waals surface area contributed by atoms with Crippen LogP contribution in [0.3, 0.4) is 0 Å². The zero-order valence-electron chi connectivity index (χ0n) is 5.70. The van der Waals surface area contributed by atoms with E-state index in [0.29, 0.717) is 6.54 Å². The van der Waals surface area contributed by atoms with E-state index in [0.717, 1.165) is 11.3 Å². The first kappa shape index (κ1) is 6.69. The van der Waals surface area contributed by atoms with Crippen LogP contribution >= 0.6 is 0 Å². The lowest BCUT2D eigenvalue weighted by Gasteiger charge is -1.93. The van der Waals surface area contributed by atoms with Gasteiger partial charge in [-0.15, -0.1) is 0 Å². The third-order valence-corrected chi connectivity index (χ3v) is 1.26. The van der Waals surface area contributed by atoms with Crippen LogP contribution in [-0.4, -0.2) is 9.97 Å². The topological polar surface area (TPSA) is 30.1 Å². The highest BCUT2D eigenvalue weighted by Gasteiger charge is 1.98. The maximum Gasteiger partial charge on any atom is 0.243 e. The summed E-state index contributed by atoms with van der Waals surface area (Å²) < 4.78 is 0. The number of hydrogen-bond donors (Lipinski definition) is 0. The summed E-state index contributed by atoms with van der Waals surface area (Å²) in [5, 5.41) is 0. The van der Waals surface area contributed by atoms with E-state index in [9.17, 15) is 0 Å². The monoisotopic (exact) mass is 133 g/mol. The Morgan fingerprint density at radius 2 is 2.50 bits per heavy atom. The highest BCUT2D eigenvalue weighted by Crippen LogP contribution is 2.01. The van der Waals surface area contributed by atoms with Gasteiger partial charge in [0, 0.05) is 6.20 Å². The minimum Gasteiger partial charge on any atom is -0.312 e. The van der Waals surface area contributed by atoms with E-state index in [1.807, 2.05) is 6.92 Å². The van der Waals surface area contributed by atoms with E-state index in [1.165, 1.54) is 6.33 Å². The summed E-state index contributed by atoms with van der Waals surface area (Å²) >= 11 is 0. The SMILES string of the molecule is [C-]#[N+]Cc1cncnc1C. The van der Waals surface area contributed by atoms with Gasteiger partial charge in [0.1, 0.15) is 6.33 Å². The van der Waals surface area contributed by atoms with Crippen LogP contribution in [0, 0.1) is 13.5 Å². The highest BCUT2D eigenvalue weighted by molar-refractivity contribution is 5.15. The summed E-state index contributed by atoms with van der Waals surface area (Å²) in [4.78, 5) is 11.0. The van der Waals surface area contributed by atoms with E-state index >= 15 is 0 Å². The second-order valence-corrected chi connectivity index (χ2v) is 1.95. The summed E-state index contributed by atoms with van der Waals surface area (Å²) in [6, 6.07) is 0. The van der Waals surface area contributed by atoms with Crippen LogP contribution in [0.2, 0.25) is 0 Å². The van der Waals surface area contributed by atoms with Crippen molar-refractivity contribution < 1.29 is 0 Å². The minimum absolute atomic E-state index is 0.382. The molecule has 0 amide bonds. The number of rotatable bonds is 1. The van der Waals surface area contributed by atoms with Gasteiger partial charge in [-0.05, 0) is 6.92 Å². The van der Waals surface area contributed by atoms with Gasteiger partial charge in [-0.25, -0.2) is 16.5 Å². The van der Waals surface area contributed by atoms with Crippen molar-refractivity contribution in [2.24, 2.45) is 0 Å². The standard InChI is InChI=1S/C7H7N3/c1-6-7(3-8-2)4-9-5-10-6/h4-5H,3H2,1H3. The van der Waals surface area contributed by atoms with Crippen LogP contribution in [0.4, 0.5) is 0 Å². The molecule has 0 unspecified atom stereocenters. The van der Waals surface area contributed by atoms with Crippen molar-refractivity contribution in [3.05, 3.63) is 35.2 Å². The van der Waals surface area contributed by atoms with Gasteiger partial charge < -0.3 is 4.85 Å². The molecule has 0 aromatic carbocycles. The molecule has 1 heterocycles. The molecule has 0 atom stereocenters. The third kappa shape index (κ3) is 1.29. The van der Waals surface area contributed by atoms with Crippen molar-refractivity contribution in [3.63, 3.8) is 0 Å². The van der Waals surface area contributed by atoms with E-state index in [2.05, 4.69) is 14.8 Å². The molecule has 0 N–H and O–H groups in total. The van der Waals surface area contributed by atoms with Gasteiger partial charge in [-0.1, -0.05) is 0 Å². The maximum absolute atomic E-state index is 6.61. The van der Waals surface area contributed by atoms with Gasteiger partial charge in [-0.3, -0.25) is 0 Å². The Bertz CT molecular complexity index is 262. The molecule has 3 heteroatoms. The van der Waals surface area contributed by atoms with Gasteiger partial charge in [0.15, 0.2) is 0 Å². The van der Waals surface area contributed by atoms with Crippen LogP contribution in [0.15, 0.2) is 12.5 Å². The summed E-state index contributed by atoms with van der Waals surface area (Å²) in [5.74, 6) is 0. The highest BCUT2D eigenvalue weighted by atomic mass is 14.8. The number of aromatic nitrogens is 2. The van der Waals surface area contributed by atoms with Crippen molar-refractivity contribution in [2.45, 2.75) is 13.5 Å². The molecule has 1 aromatic heterocycles. The Morgan fingerprint density at radius 3 is 3.10 bits per heavy atom. The molecular weight excluding hydrogens is 126 g/mol. The third-order valence-electron chi connectivity index (χ3n) is 1.26. The van der Waals surface area contributed by atoms with Gasteiger partial charge in [0.25, 0.3) is 0 Å². The molecule has 0 aliphatic carbocycles. The van der Waals surface area contributed by atoms with Crippen LogP contribution in [0.25, 0.3) is 4.85 Å². The molecule has 3 nitrogen and oxygen atoms in total. The smallest absolute Gasteiger partial charge is 0.243 e. The van der Waals surface area contributed by atoms with E-state index < -0.39 is 0 Å². The van der Waals surface area contributed by atoms with Crippen molar-refractivity contribution in [1.82, 2.24) is 9.97 Å². The lowest BCUT2D eigenvalue weighted by atomic mass is 10.2. The average Bonchev–Trinajstić information content (AvgIpc) is 1.94. The Kier molecular flexibility index (Phi) is 1.96. The predicted octanol–water partition coefficient (Wildman–Crippen LogP) is 1.20. The normalized spacial score (nSPS) is 8.80. The lowest BCUT2D eigenvalue weighted by molar-refractivity contribution is 1.03. The second-order valence-electron chi connectivity index (χ2n) is 1.95. The van der Waals surface area contributed by atoms with Crippen molar-refractivity contribution >= 4 is 0 Å². The number of nitrogens with zero attached hydrogens (tertiary/aromatic N) is 3. The molecule has 1 aromatic rings. The second kappa shape index (κ2) is 2.92. The van der Waals surface area contributed by atoms with Crippen LogP contribution in [0.5, 0.6) is 0 Å². The average molecular weight is 133 g/mol. The number of hydrogen-bond acceptors (Lipinski definition) is 2. The quantitative estimate of drug-likeness (QED) is 0.539. The van der Waals surface area contributed by atoms with E-state index in [4.69, 9.17) is 6.57 Å². The van der Waals surface area contributed by atoms with Gasteiger partial charge in [-0.2, -0.15) is 0 Å². The van der Waals surface area contributed by atoms with E-state index in [1.54, 1.807) is 6.20 Å². The minimum atomic E-state index is 0.382. The maximum atomic E-state index is 6.61. The molecule has 0 fully saturated rings. The summed E-state index contributed by atoms with van der Waals surface area (Å²) in [6.07, 6.45) is 3.17. The molecule has 0 aliphatic heterocycles. The zero-order chi connectivity index (χ0) is 7.40. The van der Waals surface area contributed by atoms with Crippen molar-refractivity contribution in [2.75, 3.05) is 0 Å². The van der Waals surface area contributed by atoms with Crippen molar-refractivity contribution in [1.29, 1.82) is 0 Å². The molecule has 10 heavy (non-hydrogen) atoms. The molecule has 0 spiro atoms. The molecular formula is C7H7N3. The van der Waals surface area contributed by atoms with Crippen molar-refractivity contribution in [3.8, 4) is 0 Å². The van der Waals surface area contributed by atoms with Crippen LogP contribution in [-0.2, 0) is 6.54 Å². The Hall–Kier alpha value is -1.43. The largest absolute Gasteiger partial charge is 0.312 e.